The van der Waals surface area contributed by atoms with Crippen LogP contribution >= 0.6 is 8.69 Å². The molecule has 0 heterocycles. The second-order valence-corrected chi connectivity index (χ2v) is 1.23. The zero-order valence-electron chi connectivity index (χ0n) is 3.63. The number of aliphatic hydroxyl groups excluding tert-OH is 1. The monoisotopic (exact) mass is 121 g/mol. The summed E-state index contributed by atoms with van der Waals surface area (Å²) in [4.78, 5) is 0. The van der Waals surface area contributed by atoms with E-state index in [4.69, 9.17) is 5.11 Å². The Morgan fingerprint density at radius 3 is 3.00 bits per heavy atom. The third-order valence-electron chi connectivity index (χ3n) is 0.344. The second-order valence-electron chi connectivity index (χ2n) is 0.779. The van der Waals surface area contributed by atoms with E-state index in [2.05, 4.69) is 4.52 Å². The maximum atomic E-state index is 9.49. The van der Waals surface area contributed by atoms with Crippen LogP contribution in [0.5, 0.6) is 0 Å². The lowest BCUT2D eigenvalue weighted by Gasteiger charge is -1.71. The highest BCUT2D eigenvalue weighted by atomic mass is 31.1. The van der Waals surface area contributed by atoms with Crippen molar-refractivity contribution in [3.8, 4) is 0 Å². The maximum absolute atomic E-state index is 9.49. The minimum Gasteiger partial charge on any atom is -0.516 e. The van der Waals surface area contributed by atoms with Gasteiger partial charge in [-0.1, -0.05) is 0 Å². The molecule has 3 nitrogen and oxygen atoms in total. The summed E-state index contributed by atoms with van der Waals surface area (Å²) in [5.41, 5.74) is 0. The van der Waals surface area contributed by atoms with Crippen LogP contribution in [0.3, 0.4) is 0 Å². The quantitative estimate of drug-likeness (QED) is 0.344. The molecule has 4 heteroatoms. The lowest BCUT2D eigenvalue weighted by Crippen LogP contribution is -1.72. The molecule has 7 heavy (non-hydrogen) atoms. The number of aliphatic hydroxyl groups is 1. The average molecular weight is 121 g/mol. The van der Waals surface area contributed by atoms with Gasteiger partial charge < -0.3 is 5.11 Å². The van der Waals surface area contributed by atoms with Crippen LogP contribution in [0.1, 0.15) is 0 Å². The summed E-state index contributed by atoms with van der Waals surface area (Å²) in [5.74, 6) is 0. The lowest BCUT2D eigenvalue weighted by molar-refractivity contribution is 0.379. The summed E-state index contributed by atoms with van der Waals surface area (Å²) in [5, 5.41) is 7.93. The van der Waals surface area contributed by atoms with E-state index >= 15 is 0 Å². The SMILES string of the molecule is O=[PH+]OCC=CO. The van der Waals surface area contributed by atoms with E-state index in [1.807, 2.05) is 0 Å². The first-order valence-electron chi connectivity index (χ1n) is 1.70. The molecular formula is C3H6O3P+. The molecule has 0 bridgehead atoms. The molecule has 0 aromatic heterocycles. The van der Waals surface area contributed by atoms with Crippen LogP contribution in [0.15, 0.2) is 12.3 Å². The molecule has 0 aliphatic heterocycles. The molecule has 1 N–H and O–H groups in total. The predicted octanol–water partition coefficient (Wildman–Crippen LogP) is 1.01. The van der Waals surface area contributed by atoms with E-state index in [1.54, 1.807) is 0 Å². The van der Waals surface area contributed by atoms with Crippen molar-refractivity contribution in [2.24, 2.45) is 0 Å². The zero-order valence-corrected chi connectivity index (χ0v) is 4.63. The fourth-order valence-corrected chi connectivity index (χ4v) is 0.289. The summed E-state index contributed by atoms with van der Waals surface area (Å²) in [7, 11) is -0.745. The molecule has 0 saturated carbocycles. The van der Waals surface area contributed by atoms with Crippen molar-refractivity contribution in [2.75, 3.05) is 6.61 Å². The molecule has 1 unspecified atom stereocenters. The highest BCUT2D eigenvalue weighted by Gasteiger charge is 1.82. The highest BCUT2D eigenvalue weighted by Crippen LogP contribution is 1.91. The first-order chi connectivity index (χ1) is 3.41. The Labute approximate surface area is 42.9 Å². The summed E-state index contributed by atoms with van der Waals surface area (Å²) < 4.78 is 13.8. The second kappa shape index (κ2) is 5.60. The fraction of sp³-hybridized carbons (Fsp3) is 0.333. The molecule has 0 amide bonds. The first-order valence-corrected chi connectivity index (χ1v) is 2.51. The Hall–Kier alpha value is -0.400. The summed E-state index contributed by atoms with van der Waals surface area (Å²) in [6, 6.07) is 0. The predicted molar refractivity (Wildman–Crippen MR) is 26.7 cm³/mol. The Bertz CT molecular complexity index is 70.6. The summed E-state index contributed by atoms with van der Waals surface area (Å²) >= 11 is 0. The molecular weight excluding hydrogens is 115 g/mol. The third-order valence-corrected chi connectivity index (χ3v) is 0.628. The normalized spacial score (nSPS) is 10.9. The summed E-state index contributed by atoms with van der Waals surface area (Å²) in [6.07, 6.45) is 2.20. The van der Waals surface area contributed by atoms with Gasteiger partial charge >= 0.3 is 8.69 Å². The molecule has 0 fully saturated rings. The first kappa shape index (κ1) is 6.60. The van der Waals surface area contributed by atoms with Crippen molar-refractivity contribution in [1.82, 2.24) is 0 Å². The molecule has 0 aliphatic rings. The molecule has 0 radical (unpaired) electrons. The molecule has 0 rings (SSSR count). The van der Waals surface area contributed by atoms with Crippen molar-refractivity contribution < 1.29 is 14.2 Å². The molecule has 0 aromatic carbocycles. The van der Waals surface area contributed by atoms with Crippen LogP contribution < -0.4 is 0 Å². The third kappa shape index (κ3) is 5.60. The molecule has 1 atom stereocenters. The van der Waals surface area contributed by atoms with E-state index in [9.17, 15) is 4.57 Å². The van der Waals surface area contributed by atoms with Gasteiger partial charge in [-0.3, -0.25) is 0 Å². The smallest absolute Gasteiger partial charge is 0.494 e. The minimum absolute atomic E-state index is 0.207. The Balaban J connectivity index is 2.82. The van der Waals surface area contributed by atoms with Gasteiger partial charge in [0.05, 0.1) is 6.26 Å². The van der Waals surface area contributed by atoms with E-state index in [0.717, 1.165) is 6.26 Å². The van der Waals surface area contributed by atoms with E-state index in [0.29, 0.717) is 0 Å². The molecule has 0 aliphatic carbocycles. The van der Waals surface area contributed by atoms with Gasteiger partial charge in [0.25, 0.3) is 0 Å². The highest BCUT2D eigenvalue weighted by molar-refractivity contribution is 7.17. The molecule has 0 aromatic rings. The van der Waals surface area contributed by atoms with Gasteiger partial charge in [0, 0.05) is 0 Å². The van der Waals surface area contributed by atoms with Gasteiger partial charge in [-0.2, -0.15) is 0 Å². The van der Waals surface area contributed by atoms with Crippen LogP contribution in [-0.4, -0.2) is 11.7 Å². The Morgan fingerprint density at radius 2 is 2.57 bits per heavy atom. The number of hydrogen-bond donors (Lipinski definition) is 1. The van der Waals surface area contributed by atoms with Crippen molar-refractivity contribution in [3.05, 3.63) is 12.3 Å². The Kier molecular flexibility index (Phi) is 5.28. The van der Waals surface area contributed by atoms with Crippen molar-refractivity contribution in [3.63, 3.8) is 0 Å². The molecule has 0 spiro atoms. The number of hydrogen-bond acceptors (Lipinski definition) is 3. The van der Waals surface area contributed by atoms with Gasteiger partial charge in [0.2, 0.25) is 0 Å². The van der Waals surface area contributed by atoms with Crippen LogP contribution in [0, 0.1) is 0 Å². The van der Waals surface area contributed by atoms with Crippen LogP contribution in [0.4, 0.5) is 0 Å². The van der Waals surface area contributed by atoms with Gasteiger partial charge in [-0.15, -0.1) is 4.52 Å². The topological polar surface area (TPSA) is 46.5 Å². The van der Waals surface area contributed by atoms with E-state index < -0.39 is 8.69 Å². The molecule has 40 valence electrons. The molecule has 0 saturated heterocycles. The van der Waals surface area contributed by atoms with Crippen LogP contribution in [0.2, 0.25) is 0 Å². The van der Waals surface area contributed by atoms with E-state index in [1.165, 1.54) is 6.08 Å². The lowest BCUT2D eigenvalue weighted by atomic mass is 10.7. The van der Waals surface area contributed by atoms with Gasteiger partial charge in [0.1, 0.15) is 6.61 Å². The zero-order chi connectivity index (χ0) is 5.54. The largest absolute Gasteiger partial charge is 0.516 e. The van der Waals surface area contributed by atoms with Gasteiger partial charge in [0.15, 0.2) is 0 Å². The van der Waals surface area contributed by atoms with Gasteiger partial charge in [-0.05, 0) is 10.6 Å². The number of rotatable bonds is 3. The van der Waals surface area contributed by atoms with Gasteiger partial charge in [-0.25, -0.2) is 0 Å². The van der Waals surface area contributed by atoms with Crippen molar-refractivity contribution in [2.45, 2.75) is 0 Å². The fourth-order valence-electron chi connectivity index (χ4n) is 0.125. The maximum Gasteiger partial charge on any atom is 0.494 e. The standard InChI is InChI=1S/C3H5O3P/c4-2-1-3-6-7-5/h1-2,7H,3H2/p+1. The Morgan fingerprint density at radius 1 is 1.86 bits per heavy atom. The average Bonchev–Trinajstić information content (AvgIpc) is 1.69. The van der Waals surface area contributed by atoms with E-state index in [-0.39, 0.29) is 6.61 Å². The van der Waals surface area contributed by atoms with Crippen molar-refractivity contribution >= 4 is 8.69 Å². The summed E-state index contributed by atoms with van der Waals surface area (Å²) in [6.45, 7) is 0.207. The van der Waals surface area contributed by atoms with Crippen LogP contribution in [0.25, 0.3) is 0 Å². The van der Waals surface area contributed by atoms with Crippen molar-refractivity contribution in [1.29, 1.82) is 0 Å². The minimum atomic E-state index is -0.745. The van der Waals surface area contributed by atoms with Crippen LogP contribution in [-0.2, 0) is 9.09 Å².